The van der Waals surface area contributed by atoms with Crippen LogP contribution in [0.15, 0.2) is 35.2 Å². The highest BCUT2D eigenvalue weighted by Crippen LogP contribution is 2.25. The monoisotopic (exact) mass is 351 g/mol. The number of amides is 1. The summed E-state index contributed by atoms with van der Waals surface area (Å²) in [6.07, 6.45) is 1.20. The van der Waals surface area contributed by atoms with E-state index in [2.05, 4.69) is 12.2 Å². The van der Waals surface area contributed by atoms with Gasteiger partial charge in [0, 0.05) is 44.7 Å². The van der Waals surface area contributed by atoms with Crippen molar-refractivity contribution in [3.8, 4) is 0 Å². The van der Waals surface area contributed by atoms with Crippen LogP contribution in [0.2, 0.25) is 0 Å². The Labute approximate surface area is 143 Å². The average molecular weight is 351 g/mol. The van der Waals surface area contributed by atoms with Gasteiger partial charge in [0.1, 0.15) is 0 Å². The number of nitrogens with one attached hydrogen (secondary N) is 1. The van der Waals surface area contributed by atoms with Crippen LogP contribution < -0.4 is 5.32 Å². The van der Waals surface area contributed by atoms with E-state index < -0.39 is 10.0 Å². The van der Waals surface area contributed by atoms with Gasteiger partial charge in [-0.1, -0.05) is 18.2 Å². The van der Waals surface area contributed by atoms with Crippen LogP contribution in [-0.2, 0) is 14.8 Å². The highest BCUT2D eigenvalue weighted by molar-refractivity contribution is 7.89. The van der Waals surface area contributed by atoms with Gasteiger partial charge in [0.05, 0.1) is 4.90 Å². The van der Waals surface area contributed by atoms with Crippen LogP contribution >= 0.6 is 0 Å². The molecule has 2 aliphatic heterocycles. The van der Waals surface area contributed by atoms with Gasteiger partial charge in [-0.2, -0.15) is 4.31 Å². The molecular formula is C17H25N3O3S. The van der Waals surface area contributed by atoms with Gasteiger partial charge >= 0.3 is 0 Å². The third-order valence-corrected chi connectivity index (χ3v) is 6.88. The highest BCUT2D eigenvalue weighted by Gasteiger charge is 2.35. The van der Waals surface area contributed by atoms with E-state index >= 15 is 0 Å². The molecule has 3 rings (SSSR count). The van der Waals surface area contributed by atoms with Crippen LogP contribution in [0, 0.1) is 5.92 Å². The fraction of sp³-hybridized carbons (Fsp3) is 0.588. The summed E-state index contributed by atoms with van der Waals surface area (Å²) in [5.74, 6) is 0.119. The van der Waals surface area contributed by atoms with Gasteiger partial charge < -0.3 is 10.2 Å². The first kappa shape index (κ1) is 17.4. The van der Waals surface area contributed by atoms with E-state index in [1.54, 1.807) is 30.3 Å². The van der Waals surface area contributed by atoms with Gasteiger partial charge in [-0.05, 0) is 31.9 Å². The van der Waals surface area contributed by atoms with Gasteiger partial charge in [0.25, 0.3) is 0 Å². The molecule has 0 radical (unpaired) electrons. The molecule has 0 unspecified atom stereocenters. The van der Waals surface area contributed by atoms with Crippen LogP contribution in [0.4, 0.5) is 0 Å². The van der Waals surface area contributed by atoms with E-state index in [0.29, 0.717) is 30.8 Å². The molecule has 2 saturated heterocycles. The molecule has 24 heavy (non-hydrogen) atoms. The van der Waals surface area contributed by atoms with Crippen LogP contribution in [0.5, 0.6) is 0 Å². The number of sulfonamides is 1. The summed E-state index contributed by atoms with van der Waals surface area (Å²) in [7, 11) is -3.45. The fourth-order valence-electron chi connectivity index (χ4n) is 3.49. The molecule has 7 heteroatoms. The Kier molecular flexibility index (Phi) is 5.22. The molecular weight excluding hydrogens is 326 g/mol. The molecule has 0 saturated carbocycles. The summed E-state index contributed by atoms with van der Waals surface area (Å²) in [5, 5.41) is 3.29. The first-order valence-electron chi connectivity index (χ1n) is 8.56. The van der Waals surface area contributed by atoms with Crippen molar-refractivity contribution in [3.63, 3.8) is 0 Å². The van der Waals surface area contributed by atoms with Crippen molar-refractivity contribution in [2.45, 2.75) is 30.7 Å². The van der Waals surface area contributed by atoms with Crippen molar-refractivity contribution in [3.05, 3.63) is 30.3 Å². The smallest absolute Gasteiger partial charge is 0.243 e. The number of hydrogen-bond donors (Lipinski definition) is 1. The van der Waals surface area contributed by atoms with Gasteiger partial charge in [0.15, 0.2) is 0 Å². The molecule has 0 aliphatic carbocycles. The minimum Gasteiger partial charge on any atom is -0.337 e. The lowest BCUT2D eigenvalue weighted by molar-refractivity contribution is -0.139. The lowest BCUT2D eigenvalue weighted by Gasteiger charge is -2.38. The number of piperazine rings is 1. The topological polar surface area (TPSA) is 69.7 Å². The maximum absolute atomic E-state index is 12.7. The normalized spacial score (nSPS) is 24.0. The Balaban J connectivity index is 1.62. The molecule has 132 valence electrons. The van der Waals surface area contributed by atoms with Crippen molar-refractivity contribution in [2.75, 3.05) is 32.7 Å². The molecule has 2 heterocycles. The fourth-order valence-corrected chi connectivity index (χ4v) is 4.98. The van der Waals surface area contributed by atoms with Crippen LogP contribution in [0.1, 0.15) is 19.8 Å². The Morgan fingerprint density at radius 2 is 1.79 bits per heavy atom. The quantitative estimate of drug-likeness (QED) is 0.879. The summed E-state index contributed by atoms with van der Waals surface area (Å²) in [6.45, 7) is 5.27. The standard InChI is InChI=1S/C17H25N3O3S/c1-14-13-18-9-12-20(14)17(21)15-7-10-19(11-8-15)24(22,23)16-5-3-2-4-6-16/h2-6,14-15,18H,7-13H2,1H3/t14-/m0/s1. The second-order valence-electron chi connectivity index (χ2n) is 6.58. The molecule has 0 bridgehead atoms. The average Bonchev–Trinajstić information content (AvgIpc) is 2.62. The van der Waals surface area contributed by atoms with E-state index in [0.717, 1.165) is 19.6 Å². The van der Waals surface area contributed by atoms with E-state index in [4.69, 9.17) is 0 Å². The molecule has 1 N–H and O–H groups in total. The van der Waals surface area contributed by atoms with Crippen LogP contribution in [0.3, 0.4) is 0 Å². The first-order chi connectivity index (χ1) is 11.5. The zero-order valence-corrected chi connectivity index (χ0v) is 14.8. The first-order valence-corrected chi connectivity index (χ1v) is 10.0. The summed E-state index contributed by atoms with van der Waals surface area (Å²) in [6, 6.07) is 8.71. The van der Waals surface area contributed by atoms with Crippen molar-refractivity contribution in [2.24, 2.45) is 5.92 Å². The second-order valence-corrected chi connectivity index (χ2v) is 8.51. The molecule has 2 fully saturated rings. The predicted molar refractivity (Wildman–Crippen MR) is 92.0 cm³/mol. The predicted octanol–water partition coefficient (Wildman–Crippen LogP) is 0.908. The van der Waals surface area contributed by atoms with Gasteiger partial charge in [0.2, 0.25) is 15.9 Å². The number of benzene rings is 1. The largest absolute Gasteiger partial charge is 0.337 e. The summed E-state index contributed by atoms with van der Waals surface area (Å²) in [5.41, 5.74) is 0. The maximum Gasteiger partial charge on any atom is 0.243 e. The number of hydrogen-bond acceptors (Lipinski definition) is 4. The van der Waals surface area contributed by atoms with Crippen molar-refractivity contribution in [1.82, 2.24) is 14.5 Å². The number of nitrogens with zero attached hydrogens (tertiary/aromatic N) is 2. The molecule has 6 nitrogen and oxygen atoms in total. The lowest BCUT2D eigenvalue weighted by atomic mass is 9.95. The molecule has 1 aromatic carbocycles. The van der Waals surface area contributed by atoms with Gasteiger partial charge in [-0.3, -0.25) is 4.79 Å². The summed E-state index contributed by atoms with van der Waals surface area (Å²) in [4.78, 5) is 15.0. The van der Waals surface area contributed by atoms with Gasteiger partial charge in [-0.25, -0.2) is 8.42 Å². The van der Waals surface area contributed by atoms with Crippen molar-refractivity contribution in [1.29, 1.82) is 0 Å². The third-order valence-electron chi connectivity index (χ3n) is 4.97. The van der Waals surface area contributed by atoms with Crippen molar-refractivity contribution >= 4 is 15.9 Å². The zero-order valence-electron chi connectivity index (χ0n) is 14.0. The van der Waals surface area contributed by atoms with Crippen molar-refractivity contribution < 1.29 is 13.2 Å². The number of carbonyl (C=O) groups is 1. The summed E-state index contributed by atoms with van der Waals surface area (Å²) >= 11 is 0. The minimum atomic E-state index is -3.45. The molecule has 1 aromatic rings. The third kappa shape index (κ3) is 3.48. The number of carbonyl (C=O) groups excluding carboxylic acids is 1. The minimum absolute atomic E-state index is 0.0622. The maximum atomic E-state index is 12.7. The van der Waals surface area contributed by atoms with E-state index in [9.17, 15) is 13.2 Å². The summed E-state index contributed by atoms with van der Waals surface area (Å²) < 4.78 is 26.8. The molecule has 1 amide bonds. The van der Waals surface area contributed by atoms with Crippen LogP contribution in [-0.4, -0.2) is 62.3 Å². The zero-order chi connectivity index (χ0) is 17.2. The second kappa shape index (κ2) is 7.21. The molecule has 1 atom stereocenters. The van der Waals surface area contributed by atoms with E-state index in [1.165, 1.54) is 4.31 Å². The van der Waals surface area contributed by atoms with E-state index in [-0.39, 0.29) is 17.9 Å². The number of rotatable bonds is 3. The Morgan fingerprint density at radius 3 is 2.42 bits per heavy atom. The Morgan fingerprint density at radius 1 is 1.12 bits per heavy atom. The van der Waals surface area contributed by atoms with Gasteiger partial charge in [-0.15, -0.1) is 0 Å². The Hall–Kier alpha value is -1.44. The molecule has 0 spiro atoms. The number of piperidine rings is 1. The van der Waals surface area contributed by atoms with E-state index in [1.807, 2.05) is 4.90 Å². The Bertz CT molecular complexity index is 670. The highest BCUT2D eigenvalue weighted by atomic mass is 32.2. The molecule has 0 aromatic heterocycles. The lowest BCUT2D eigenvalue weighted by Crippen LogP contribution is -2.55. The van der Waals surface area contributed by atoms with Crippen LogP contribution in [0.25, 0.3) is 0 Å². The molecule has 2 aliphatic rings. The SMILES string of the molecule is C[C@H]1CNCCN1C(=O)C1CCN(S(=O)(=O)c2ccccc2)CC1.